The SMILES string of the molecule is C#CCOCCOCCOCCNc1nc(N2CCOCC2)nc(N2CCN(C(=O)[C@H](Cc3cc4ccccc4[nH]3)n3cc([C@@H](N)Cc4ccc(O)cc4)nn3)CC2)n1.[Cl-]. The van der Waals surface area contributed by atoms with Crippen molar-refractivity contribution in [3.63, 3.8) is 0 Å². The number of H-pyrrole nitrogens is 1. The maximum absolute atomic E-state index is 14.5. The Balaban J connectivity index is 0.00000604. The van der Waals surface area contributed by atoms with Gasteiger partial charge in [-0.1, -0.05) is 41.5 Å². The number of carbonyl (C=O) groups is 1. The molecule has 0 spiro atoms. The highest BCUT2D eigenvalue weighted by Crippen LogP contribution is 2.25. The molecule has 1 amide bonds. The lowest BCUT2D eigenvalue weighted by Gasteiger charge is -2.36. The number of halogens is 1. The molecule has 0 aliphatic carbocycles. The molecular weight excluding hydrogens is 792 g/mol. The fourth-order valence-electron chi connectivity index (χ4n) is 6.97. The number of terminal acetylenes is 1. The highest BCUT2D eigenvalue weighted by atomic mass is 35.5. The lowest BCUT2D eigenvalue weighted by atomic mass is 10.0. The number of aromatic hydroxyl groups is 1. The maximum Gasteiger partial charge on any atom is 0.248 e. The molecule has 0 saturated carbocycles. The highest BCUT2D eigenvalue weighted by Gasteiger charge is 2.32. The van der Waals surface area contributed by atoms with Crippen LogP contribution in [0.3, 0.4) is 0 Å². The summed E-state index contributed by atoms with van der Waals surface area (Å²) in [6.07, 6.45) is 7.83. The number of rotatable bonds is 20. The Bertz CT molecular complexity index is 2100. The van der Waals surface area contributed by atoms with Gasteiger partial charge in [-0.3, -0.25) is 4.79 Å². The summed E-state index contributed by atoms with van der Waals surface area (Å²) in [6.45, 7) is 7.47. The number of ether oxygens (including phenoxy) is 4. The zero-order valence-electron chi connectivity index (χ0n) is 33.5. The van der Waals surface area contributed by atoms with Crippen molar-refractivity contribution in [1.82, 2.24) is 39.8 Å². The number of nitrogens with zero attached hydrogens (tertiary/aromatic N) is 9. The van der Waals surface area contributed by atoms with E-state index in [9.17, 15) is 9.90 Å². The molecule has 19 heteroatoms. The van der Waals surface area contributed by atoms with Crippen molar-refractivity contribution < 1.29 is 41.3 Å². The van der Waals surface area contributed by atoms with Crippen LogP contribution in [0.5, 0.6) is 5.75 Å². The molecular formula is C41H52ClN12O6-. The maximum atomic E-state index is 14.5. The Morgan fingerprint density at radius 2 is 1.58 bits per heavy atom. The van der Waals surface area contributed by atoms with Gasteiger partial charge in [-0.15, -0.1) is 11.5 Å². The Morgan fingerprint density at radius 1 is 0.900 bits per heavy atom. The zero-order valence-corrected chi connectivity index (χ0v) is 34.3. The zero-order chi connectivity index (χ0) is 40.8. The average molecular weight is 844 g/mol. The summed E-state index contributed by atoms with van der Waals surface area (Å²) in [5.41, 5.74) is 10.0. The van der Waals surface area contributed by atoms with Crippen LogP contribution in [0.25, 0.3) is 10.9 Å². The van der Waals surface area contributed by atoms with E-state index in [0.717, 1.165) is 22.2 Å². The van der Waals surface area contributed by atoms with Gasteiger partial charge in [0.15, 0.2) is 0 Å². The van der Waals surface area contributed by atoms with E-state index in [0.29, 0.717) is 128 Å². The molecule has 5 heterocycles. The van der Waals surface area contributed by atoms with Crippen LogP contribution in [-0.2, 0) is 36.6 Å². The molecule has 320 valence electrons. The third-order valence-electron chi connectivity index (χ3n) is 10.1. The van der Waals surface area contributed by atoms with Gasteiger partial charge in [0.05, 0.1) is 64.2 Å². The number of carbonyl (C=O) groups excluding carboxylic acids is 1. The molecule has 2 aliphatic rings. The number of nitrogens with one attached hydrogen (secondary N) is 2. The smallest absolute Gasteiger partial charge is 0.248 e. The van der Waals surface area contributed by atoms with Crippen LogP contribution in [0.4, 0.5) is 17.8 Å². The van der Waals surface area contributed by atoms with Gasteiger partial charge in [0.2, 0.25) is 23.8 Å². The molecule has 5 aromatic rings. The van der Waals surface area contributed by atoms with Crippen LogP contribution >= 0.6 is 0 Å². The lowest BCUT2D eigenvalue weighted by Crippen LogP contribution is -3.00. The summed E-state index contributed by atoms with van der Waals surface area (Å²) in [5.74, 6) is 4.11. The van der Waals surface area contributed by atoms with E-state index >= 15 is 0 Å². The molecule has 0 bridgehead atoms. The summed E-state index contributed by atoms with van der Waals surface area (Å²) < 4.78 is 23.6. The van der Waals surface area contributed by atoms with E-state index in [-0.39, 0.29) is 30.7 Å². The number of piperazine rings is 1. The normalized spacial score (nSPS) is 15.4. The number of aromatic amines is 1. The van der Waals surface area contributed by atoms with E-state index in [2.05, 4.69) is 42.4 Å². The van der Waals surface area contributed by atoms with E-state index < -0.39 is 12.1 Å². The van der Waals surface area contributed by atoms with Gasteiger partial charge < -0.3 is 67.2 Å². The van der Waals surface area contributed by atoms with Gasteiger partial charge in [0.1, 0.15) is 18.4 Å². The van der Waals surface area contributed by atoms with Crippen LogP contribution in [0.1, 0.15) is 29.0 Å². The number of phenols is 1. The Morgan fingerprint density at radius 3 is 2.30 bits per heavy atom. The van der Waals surface area contributed by atoms with Crippen LogP contribution in [0.2, 0.25) is 0 Å². The first kappa shape index (κ1) is 44.0. The fourth-order valence-corrected chi connectivity index (χ4v) is 6.97. The number of aromatic nitrogens is 7. The van der Waals surface area contributed by atoms with Gasteiger partial charge in [-0.05, 0) is 41.6 Å². The third-order valence-corrected chi connectivity index (χ3v) is 10.1. The van der Waals surface area contributed by atoms with E-state index in [1.54, 1.807) is 23.0 Å². The van der Waals surface area contributed by atoms with E-state index in [4.69, 9.17) is 46.1 Å². The first-order chi connectivity index (χ1) is 28.9. The molecule has 2 atom stereocenters. The minimum atomic E-state index is -0.667. The second kappa shape index (κ2) is 22.2. The van der Waals surface area contributed by atoms with Crippen molar-refractivity contribution in [3.05, 3.63) is 77.7 Å². The number of fused-ring (bicyclic) bond motifs is 1. The summed E-state index contributed by atoms with van der Waals surface area (Å²) in [6, 6.07) is 15.9. The van der Waals surface area contributed by atoms with Gasteiger partial charge in [0.25, 0.3) is 0 Å². The molecule has 2 fully saturated rings. The van der Waals surface area contributed by atoms with Crippen LogP contribution in [-0.4, -0.2) is 150 Å². The molecule has 2 aliphatic heterocycles. The molecule has 2 aromatic carbocycles. The largest absolute Gasteiger partial charge is 1.00 e. The number of hydrogen-bond donors (Lipinski definition) is 4. The van der Waals surface area contributed by atoms with Crippen molar-refractivity contribution in [2.75, 3.05) is 114 Å². The van der Waals surface area contributed by atoms with Crippen molar-refractivity contribution in [2.45, 2.75) is 24.9 Å². The molecule has 18 nitrogen and oxygen atoms in total. The topological polar surface area (TPSA) is 207 Å². The van der Waals surface area contributed by atoms with Crippen LogP contribution < -0.4 is 33.3 Å². The Hall–Kier alpha value is -5.55. The number of para-hydroxylation sites is 1. The highest BCUT2D eigenvalue weighted by molar-refractivity contribution is 5.83. The predicted octanol–water partition coefficient (Wildman–Crippen LogP) is -1.04. The number of benzene rings is 2. The molecule has 2 saturated heterocycles. The van der Waals surface area contributed by atoms with Crippen molar-refractivity contribution in [3.8, 4) is 18.1 Å². The first-order valence-electron chi connectivity index (χ1n) is 20.0. The van der Waals surface area contributed by atoms with Gasteiger partial charge in [-0.2, -0.15) is 15.0 Å². The molecule has 3 aromatic heterocycles. The van der Waals surface area contributed by atoms with Crippen molar-refractivity contribution >= 4 is 34.7 Å². The van der Waals surface area contributed by atoms with Gasteiger partial charge >= 0.3 is 0 Å². The monoisotopic (exact) mass is 843 g/mol. The number of amides is 1. The van der Waals surface area contributed by atoms with Crippen molar-refractivity contribution in [2.24, 2.45) is 5.73 Å². The minimum Gasteiger partial charge on any atom is -1.00 e. The predicted molar refractivity (Wildman–Crippen MR) is 221 cm³/mol. The number of hydrogen-bond acceptors (Lipinski definition) is 15. The van der Waals surface area contributed by atoms with Gasteiger partial charge in [0, 0.05) is 63.4 Å². The summed E-state index contributed by atoms with van der Waals surface area (Å²) >= 11 is 0. The standard InChI is InChI=1S/C41H52N12O6.ClH/c1-2-18-56-22-24-59-25-23-57-19-11-43-39-45-40(47-41(46-39)52-16-20-58-21-17-52)51-14-12-50(13-15-51)38(55)37(28-32-27-31-5-3-4-6-35(31)44-32)53-29-36(48-49-53)34(42)26-30-7-9-33(54)10-8-30;/h1,3-10,27,29,34,37,44,54H,11-26,28,42H2,(H,43,45,46,47);1H/p-1/t34-,37-;/m0./s1. The number of morpholine rings is 1. The number of anilines is 3. The summed E-state index contributed by atoms with van der Waals surface area (Å²) in [7, 11) is 0. The fraction of sp³-hybridized carbons (Fsp3) is 0.463. The van der Waals surface area contributed by atoms with Crippen molar-refractivity contribution in [1.29, 1.82) is 0 Å². The Labute approximate surface area is 355 Å². The number of nitrogens with two attached hydrogens (primary N) is 1. The minimum absolute atomic E-state index is 0. The third kappa shape index (κ3) is 12.0. The molecule has 7 rings (SSSR count). The van der Waals surface area contributed by atoms with Crippen LogP contribution in [0.15, 0.2) is 60.8 Å². The average Bonchev–Trinajstić information content (AvgIpc) is 3.93. The number of phenolic OH excluding ortho intramolecular Hbond substituents is 1. The molecule has 0 radical (unpaired) electrons. The Kier molecular flexibility index (Phi) is 16.3. The van der Waals surface area contributed by atoms with E-state index in [1.807, 2.05) is 41.3 Å². The molecule has 0 unspecified atom stereocenters. The second-order valence-electron chi connectivity index (χ2n) is 14.3. The quantitative estimate of drug-likeness (QED) is 0.0546. The molecule has 60 heavy (non-hydrogen) atoms. The first-order valence-corrected chi connectivity index (χ1v) is 20.0. The summed E-state index contributed by atoms with van der Waals surface area (Å²) in [4.78, 5) is 38.4. The second-order valence-corrected chi connectivity index (χ2v) is 14.3. The van der Waals surface area contributed by atoms with E-state index in [1.165, 1.54) is 0 Å². The summed E-state index contributed by atoms with van der Waals surface area (Å²) in [5, 5.41) is 22.9. The van der Waals surface area contributed by atoms with Crippen LogP contribution in [0, 0.1) is 12.3 Å². The van der Waals surface area contributed by atoms with Gasteiger partial charge in [-0.25, -0.2) is 4.68 Å². The molecule has 5 N–H and O–H groups in total. The lowest BCUT2D eigenvalue weighted by molar-refractivity contribution is -0.135.